The van der Waals surface area contributed by atoms with Crippen LogP contribution < -0.4 is 21.1 Å². The molecule has 0 aliphatic carbocycles. The predicted molar refractivity (Wildman–Crippen MR) is 198 cm³/mol. The Morgan fingerprint density at radius 1 is 1.04 bits per heavy atom. The number of carbonyl (C=O) groups is 3. The van der Waals surface area contributed by atoms with E-state index in [1.54, 1.807) is 43.3 Å². The number of thiazole rings is 1. The van der Waals surface area contributed by atoms with Crippen LogP contribution in [0.5, 0.6) is 0 Å². The molecule has 0 radical (unpaired) electrons. The van der Waals surface area contributed by atoms with E-state index in [1.165, 1.54) is 5.38 Å². The summed E-state index contributed by atoms with van der Waals surface area (Å²) in [7, 11) is -0.637. The zero-order valence-corrected chi connectivity index (χ0v) is 31.8. The molecular weight excluding hydrogens is 677 g/mol. The molecule has 3 aromatic rings. The normalized spacial score (nSPS) is 15.1. The molecule has 0 saturated carbocycles. The van der Waals surface area contributed by atoms with Crippen molar-refractivity contribution in [3.63, 3.8) is 0 Å². The van der Waals surface area contributed by atoms with Crippen LogP contribution in [-0.4, -0.2) is 73.4 Å². The minimum atomic E-state index is -4.03. The zero-order valence-electron chi connectivity index (χ0n) is 30.1. The Balaban J connectivity index is 1.73. The summed E-state index contributed by atoms with van der Waals surface area (Å²) in [6.07, 6.45) is -0.399. The maximum Gasteiger partial charge on any atom is 0.284 e. The number of nitrogen functional groups attached to an aromatic ring is 1. The van der Waals surface area contributed by atoms with E-state index < -0.39 is 51.3 Å². The van der Waals surface area contributed by atoms with Gasteiger partial charge < -0.3 is 26.4 Å². The summed E-state index contributed by atoms with van der Waals surface area (Å²) in [5.74, 6) is -2.18. The maximum atomic E-state index is 14.1. The number of likely N-dealkylation sites (N-methyl/N-ethyl adjacent to an activating group) is 2. The van der Waals surface area contributed by atoms with Crippen LogP contribution in [0.25, 0.3) is 0 Å². The fourth-order valence-electron chi connectivity index (χ4n) is 5.97. The molecule has 274 valence electrons. The van der Waals surface area contributed by atoms with Crippen LogP contribution in [-0.2, 0) is 30.8 Å². The van der Waals surface area contributed by atoms with Gasteiger partial charge in [-0.05, 0) is 42.1 Å². The highest BCUT2D eigenvalue weighted by Gasteiger charge is 2.40. The highest BCUT2D eigenvalue weighted by atomic mass is 32.2. The Hall–Kier alpha value is -3.85. The molecule has 6 N–H and O–H groups in total. The van der Waals surface area contributed by atoms with Gasteiger partial charge in [0.15, 0.2) is 0 Å². The van der Waals surface area contributed by atoms with Crippen molar-refractivity contribution in [2.75, 3.05) is 19.8 Å². The second kappa shape index (κ2) is 17.4. The van der Waals surface area contributed by atoms with Gasteiger partial charge in [0.25, 0.3) is 5.91 Å². The molecule has 0 spiro atoms. The molecule has 50 heavy (non-hydrogen) atoms. The second-order valence-electron chi connectivity index (χ2n) is 13.7. The standard InChI is InChI=1S/C36H52N6O6S2/c1-9-23(4)30(40-33(45)31(38-7)36(5,6)25-13-11-10-12-14-25)35(46)42(8)28(22(2)3)19-29(43)34-39-27(20-49-34)32(44)41-50(47,48)21-24-15-17-26(37)18-16-24/h10-18,20,22-23,28-31,38,43H,9,19,21,37H2,1-8H3,(H,40,45)(H,41,44)/t23-,28+,29+,30-,31+/m0/s1. The number of sulfonamides is 1. The van der Waals surface area contributed by atoms with Gasteiger partial charge in [-0.2, -0.15) is 0 Å². The molecule has 0 aliphatic rings. The molecule has 0 unspecified atom stereocenters. The van der Waals surface area contributed by atoms with Gasteiger partial charge >= 0.3 is 0 Å². The lowest BCUT2D eigenvalue weighted by Crippen LogP contribution is -2.60. The molecule has 1 heterocycles. The smallest absolute Gasteiger partial charge is 0.284 e. The number of nitrogens with zero attached hydrogens (tertiary/aromatic N) is 2. The third-order valence-electron chi connectivity index (χ3n) is 9.27. The van der Waals surface area contributed by atoms with Gasteiger partial charge in [0, 0.05) is 36.0 Å². The summed E-state index contributed by atoms with van der Waals surface area (Å²) in [6, 6.07) is 14.1. The average molecular weight is 729 g/mol. The lowest BCUT2D eigenvalue weighted by molar-refractivity contribution is -0.140. The topological polar surface area (TPSA) is 184 Å². The van der Waals surface area contributed by atoms with Crippen LogP contribution in [0.1, 0.15) is 87.1 Å². The third kappa shape index (κ3) is 10.3. The second-order valence-corrected chi connectivity index (χ2v) is 16.3. The summed E-state index contributed by atoms with van der Waals surface area (Å²) in [6.45, 7) is 11.7. The van der Waals surface area contributed by atoms with Crippen LogP contribution in [0, 0.1) is 11.8 Å². The monoisotopic (exact) mass is 728 g/mol. The van der Waals surface area contributed by atoms with Crippen molar-refractivity contribution < 1.29 is 27.9 Å². The largest absolute Gasteiger partial charge is 0.399 e. The fourth-order valence-corrected chi connectivity index (χ4v) is 7.86. The number of nitrogens with one attached hydrogen (secondary N) is 3. The number of nitrogens with two attached hydrogens (primary N) is 1. The molecule has 3 rings (SSSR count). The molecule has 12 nitrogen and oxygen atoms in total. The summed E-state index contributed by atoms with van der Waals surface area (Å²) in [4.78, 5) is 46.5. The summed E-state index contributed by atoms with van der Waals surface area (Å²) in [5.41, 5.74) is 6.86. The molecular formula is C36H52N6O6S2. The average Bonchev–Trinajstić information content (AvgIpc) is 3.57. The van der Waals surface area contributed by atoms with Crippen LogP contribution in [0.2, 0.25) is 0 Å². The van der Waals surface area contributed by atoms with Gasteiger partial charge in [-0.15, -0.1) is 11.3 Å². The number of hydrogen-bond acceptors (Lipinski definition) is 10. The van der Waals surface area contributed by atoms with Crippen molar-refractivity contribution in [1.29, 1.82) is 0 Å². The first kappa shape index (κ1) is 40.6. The van der Waals surface area contributed by atoms with E-state index in [0.717, 1.165) is 16.9 Å². The SMILES string of the molecule is CC[C@H](C)[C@H](NC(=O)[C@@H](NC)C(C)(C)c1ccccc1)C(=O)N(C)[C@H](C[C@@H](O)c1nc(C(=O)NS(=O)(=O)Cc2ccc(N)cc2)cs1)C(C)C. The third-order valence-corrected chi connectivity index (χ3v) is 11.4. The molecule has 0 bridgehead atoms. The Morgan fingerprint density at radius 3 is 2.22 bits per heavy atom. The molecule has 0 aliphatic heterocycles. The number of aromatic nitrogens is 1. The van der Waals surface area contributed by atoms with Crippen molar-refractivity contribution >= 4 is 44.8 Å². The van der Waals surface area contributed by atoms with E-state index in [0.29, 0.717) is 17.7 Å². The van der Waals surface area contributed by atoms with Gasteiger partial charge in [0.05, 0.1) is 11.8 Å². The number of carbonyl (C=O) groups excluding carboxylic acids is 3. The minimum Gasteiger partial charge on any atom is -0.399 e. The van der Waals surface area contributed by atoms with Crippen molar-refractivity contribution in [2.45, 2.75) is 89.8 Å². The predicted octanol–water partition coefficient (Wildman–Crippen LogP) is 3.99. The van der Waals surface area contributed by atoms with Crippen LogP contribution in [0.3, 0.4) is 0 Å². The van der Waals surface area contributed by atoms with Crippen molar-refractivity contribution in [1.82, 2.24) is 25.2 Å². The van der Waals surface area contributed by atoms with Crippen molar-refractivity contribution in [2.24, 2.45) is 11.8 Å². The number of aliphatic hydroxyl groups is 1. The Morgan fingerprint density at radius 2 is 1.66 bits per heavy atom. The van der Waals surface area contributed by atoms with Gasteiger partial charge in [0.2, 0.25) is 21.8 Å². The van der Waals surface area contributed by atoms with Gasteiger partial charge in [-0.25, -0.2) is 18.1 Å². The van der Waals surface area contributed by atoms with Crippen LogP contribution in [0.15, 0.2) is 60.0 Å². The first-order chi connectivity index (χ1) is 23.4. The van der Waals surface area contributed by atoms with E-state index in [9.17, 15) is 27.9 Å². The maximum absolute atomic E-state index is 14.1. The fraction of sp³-hybridized carbons (Fsp3) is 0.500. The van der Waals surface area contributed by atoms with Gasteiger partial charge in [0.1, 0.15) is 22.8 Å². The lowest BCUT2D eigenvalue weighted by Gasteiger charge is -2.38. The molecule has 2 aromatic carbocycles. The number of aliphatic hydroxyl groups excluding tert-OH is 1. The quantitative estimate of drug-likeness (QED) is 0.128. The number of rotatable bonds is 17. The van der Waals surface area contributed by atoms with E-state index in [2.05, 4.69) is 15.6 Å². The molecule has 14 heteroatoms. The first-order valence-corrected chi connectivity index (χ1v) is 19.3. The summed E-state index contributed by atoms with van der Waals surface area (Å²) < 4.78 is 27.3. The highest BCUT2D eigenvalue weighted by molar-refractivity contribution is 7.89. The first-order valence-electron chi connectivity index (χ1n) is 16.7. The minimum absolute atomic E-state index is 0.0878. The van der Waals surface area contributed by atoms with Crippen LogP contribution in [0.4, 0.5) is 5.69 Å². The highest BCUT2D eigenvalue weighted by Crippen LogP contribution is 2.29. The molecule has 0 fully saturated rings. The Kier molecular flexibility index (Phi) is 14.1. The molecule has 3 amide bonds. The van der Waals surface area contributed by atoms with Crippen molar-refractivity contribution in [3.05, 3.63) is 81.8 Å². The summed E-state index contributed by atoms with van der Waals surface area (Å²) in [5, 5.41) is 19.0. The zero-order chi connectivity index (χ0) is 37.4. The Labute approximate surface area is 300 Å². The lowest BCUT2D eigenvalue weighted by atomic mass is 9.77. The molecule has 1 aromatic heterocycles. The number of hydrogen-bond donors (Lipinski definition) is 5. The van der Waals surface area contributed by atoms with Crippen LogP contribution >= 0.6 is 11.3 Å². The molecule has 0 saturated heterocycles. The van der Waals surface area contributed by atoms with E-state index in [-0.39, 0.29) is 40.8 Å². The van der Waals surface area contributed by atoms with E-state index >= 15 is 0 Å². The number of anilines is 1. The molecule has 5 atom stereocenters. The summed E-state index contributed by atoms with van der Waals surface area (Å²) >= 11 is 1.02. The van der Waals surface area contributed by atoms with E-state index in [4.69, 9.17) is 5.73 Å². The number of amides is 3. The van der Waals surface area contributed by atoms with Crippen molar-refractivity contribution in [3.8, 4) is 0 Å². The number of benzene rings is 2. The Bertz CT molecular complexity index is 1700. The van der Waals surface area contributed by atoms with Gasteiger partial charge in [-0.3, -0.25) is 14.4 Å². The van der Waals surface area contributed by atoms with E-state index in [1.807, 2.05) is 76.6 Å². The van der Waals surface area contributed by atoms with Gasteiger partial charge in [-0.1, -0.05) is 90.4 Å².